The number of aromatic nitrogens is 5. The van der Waals surface area contributed by atoms with Crippen LogP contribution < -0.4 is 0 Å². The molecule has 0 bridgehead atoms. The summed E-state index contributed by atoms with van der Waals surface area (Å²) < 4.78 is 4.69. The molecule has 0 saturated heterocycles. The molecule has 0 aliphatic heterocycles. The van der Waals surface area contributed by atoms with Gasteiger partial charge < -0.3 is 9.13 Å². The Hall–Kier alpha value is -8.92. The van der Waals surface area contributed by atoms with Gasteiger partial charge in [-0.25, -0.2) is 15.0 Å². The largest absolute Gasteiger partial charge is 0.308 e. The standard InChI is InChI=1S/C64H48N6/c1-38-7-15-45(16-8-38)49-23-27-53-54-28-24-50(46-17-9-39(2)10-18-46)34-58(54)69(57(53)33-49)61-31-44(37-65)32-62(63(61)64-67-42(5)66-43(6)68-64)70-59-35-51(47-19-11-40(3)12-20-47)25-29-55(59)56-30-26-52(36-60(56)70)48-21-13-41(4)14-22-48/h7-36H,1-6H3. The molecule has 70 heavy (non-hydrogen) atoms. The Kier molecular flexibility index (Phi) is 10.1. The van der Waals surface area contributed by atoms with E-state index in [0.29, 0.717) is 23.0 Å². The Labute approximate surface area is 407 Å². The lowest BCUT2D eigenvalue weighted by Gasteiger charge is -2.20. The van der Waals surface area contributed by atoms with Crippen molar-refractivity contribution in [3.63, 3.8) is 0 Å². The van der Waals surface area contributed by atoms with Crippen LogP contribution in [0.15, 0.2) is 182 Å². The summed E-state index contributed by atoms with van der Waals surface area (Å²) in [6.45, 7) is 12.3. The summed E-state index contributed by atoms with van der Waals surface area (Å²) in [6.07, 6.45) is 0. The lowest BCUT2D eigenvalue weighted by atomic mass is 10.0. The Bertz CT molecular complexity index is 3630. The predicted molar refractivity (Wildman–Crippen MR) is 289 cm³/mol. The van der Waals surface area contributed by atoms with Crippen LogP contribution >= 0.6 is 0 Å². The summed E-state index contributed by atoms with van der Waals surface area (Å²) in [7, 11) is 0. The highest BCUT2D eigenvalue weighted by Crippen LogP contribution is 2.45. The topological polar surface area (TPSA) is 72.3 Å². The van der Waals surface area contributed by atoms with Crippen molar-refractivity contribution in [1.82, 2.24) is 24.1 Å². The van der Waals surface area contributed by atoms with Crippen LogP contribution in [0.1, 0.15) is 39.5 Å². The molecule has 0 spiro atoms. The van der Waals surface area contributed by atoms with Crippen LogP contribution in [0.3, 0.4) is 0 Å². The third-order valence-corrected chi connectivity index (χ3v) is 13.9. The second-order valence-corrected chi connectivity index (χ2v) is 18.8. The van der Waals surface area contributed by atoms with E-state index in [1.54, 1.807) is 0 Å². The van der Waals surface area contributed by atoms with Gasteiger partial charge in [0.1, 0.15) is 11.6 Å². The monoisotopic (exact) mass is 900 g/mol. The van der Waals surface area contributed by atoms with E-state index in [2.05, 4.69) is 213 Å². The Morgan fingerprint density at radius 2 is 0.600 bits per heavy atom. The molecule has 12 aromatic rings. The molecule has 334 valence electrons. The first-order valence-electron chi connectivity index (χ1n) is 23.8. The van der Waals surface area contributed by atoms with Crippen LogP contribution in [0, 0.1) is 52.9 Å². The van der Waals surface area contributed by atoms with Gasteiger partial charge in [-0.1, -0.05) is 168 Å². The summed E-state index contributed by atoms with van der Waals surface area (Å²) >= 11 is 0. The van der Waals surface area contributed by atoms with Crippen LogP contribution in [-0.2, 0) is 0 Å². The van der Waals surface area contributed by atoms with Crippen LogP contribution in [0.5, 0.6) is 0 Å². The van der Waals surface area contributed by atoms with Gasteiger partial charge in [0, 0.05) is 21.5 Å². The normalized spacial score (nSPS) is 11.6. The Balaban J connectivity index is 1.25. The van der Waals surface area contributed by atoms with E-state index in [1.807, 2.05) is 26.0 Å². The molecule has 12 rings (SSSR count). The van der Waals surface area contributed by atoms with Crippen molar-refractivity contribution < 1.29 is 0 Å². The molecule has 3 heterocycles. The highest BCUT2D eigenvalue weighted by atomic mass is 15.1. The van der Waals surface area contributed by atoms with Gasteiger partial charge in [0.15, 0.2) is 5.82 Å². The van der Waals surface area contributed by atoms with Crippen LogP contribution in [0.4, 0.5) is 0 Å². The highest BCUT2D eigenvalue weighted by molar-refractivity contribution is 6.14. The number of nitriles is 1. The molecule has 0 fully saturated rings. The second-order valence-electron chi connectivity index (χ2n) is 18.8. The van der Waals surface area contributed by atoms with Gasteiger partial charge in [-0.05, 0) is 122 Å². The zero-order valence-corrected chi connectivity index (χ0v) is 40.0. The number of hydrogen-bond acceptors (Lipinski definition) is 4. The number of aryl methyl sites for hydroxylation is 6. The number of nitrogens with zero attached hydrogens (tertiary/aromatic N) is 6. The van der Waals surface area contributed by atoms with Crippen molar-refractivity contribution in [2.45, 2.75) is 41.5 Å². The van der Waals surface area contributed by atoms with Gasteiger partial charge in [0.05, 0.1) is 50.6 Å². The number of benzene rings is 9. The van der Waals surface area contributed by atoms with Crippen LogP contribution in [-0.4, -0.2) is 24.1 Å². The fourth-order valence-electron chi connectivity index (χ4n) is 10.2. The smallest absolute Gasteiger partial charge is 0.167 e. The maximum atomic E-state index is 11.2. The van der Waals surface area contributed by atoms with Crippen molar-refractivity contribution in [1.29, 1.82) is 5.26 Å². The minimum atomic E-state index is 0.509. The zero-order valence-electron chi connectivity index (χ0n) is 40.0. The van der Waals surface area contributed by atoms with Gasteiger partial charge in [0.2, 0.25) is 0 Å². The van der Waals surface area contributed by atoms with E-state index in [4.69, 9.17) is 15.0 Å². The first-order chi connectivity index (χ1) is 34.1. The molecule has 3 aromatic heterocycles. The number of fused-ring (bicyclic) bond motifs is 6. The van der Waals surface area contributed by atoms with Gasteiger partial charge in [-0.15, -0.1) is 0 Å². The third-order valence-electron chi connectivity index (χ3n) is 13.9. The molecule has 0 atom stereocenters. The minimum Gasteiger partial charge on any atom is -0.308 e. The van der Waals surface area contributed by atoms with E-state index in [1.165, 1.54) is 22.3 Å². The number of hydrogen-bond donors (Lipinski definition) is 0. The zero-order chi connectivity index (χ0) is 47.8. The highest BCUT2D eigenvalue weighted by Gasteiger charge is 2.26. The van der Waals surface area contributed by atoms with Crippen LogP contribution in [0.25, 0.3) is 111 Å². The summed E-state index contributed by atoms with van der Waals surface area (Å²) in [4.78, 5) is 15.1. The molecule has 6 nitrogen and oxygen atoms in total. The number of rotatable bonds is 7. The Morgan fingerprint density at radius 1 is 0.329 bits per heavy atom. The first-order valence-corrected chi connectivity index (χ1v) is 23.8. The predicted octanol–water partition coefficient (Wildman–Crippen LogP) is 16.1. The lowest BCUT2D eigenvalue weighted by molar-refractivity contribution is 0.924. The van der Waals surface area contributed by atoms with Crippen molar-refractivity contribution in [2.75, 3.05) is 0 Å². The molecule has 0 aliphatic rings. The van der Waals surface area contributed by atoms with E-state index in [-0.39, 0.29) is 0 Å². The molecular weight excluding hydrogens is 853 g/mol. The van der Waals surface area contributed by atoms with Crippen LogP contribution in [0.2, 0.25) is 0 Å². The average molecular weight is 901 g/mol. The summed E-state index contributed by atoms with van der Waals surface area (Å²) in [6, 6.07) is 68.5. The molecule has 0 unspecified atom stereocenters. The molecule has 0 amide bonds. The van der Waals surface area contributed by atoms with Crippen molar-refractivity contribution in [3.8, 4) is 73.3 Å². The second kappa shape index (κ2) is 16.7. The Morgan fingerprint density at radius 3 is 0.871 bits per heavy atom. The fraction of sp³-hybridized carbons (Fsp3) is 0.0938. The van der Waals surface area contributed by atoms with Crippen molar-refractivity contribution in [3.05, 3.63) is 221 Å². The van der Waals surface area contributed by atoms with E-state index in [0.717, 1.165) is 105 Å². The molecule has 6 heteroatoms. The first kappa shape index (κ1) is 42.4. The van der Waals surface area contributed by atoms with Gasteiger partial charge in [0.25, 0.3) is 0 Å². The maximum absolute atomic E-state index is 11.2. The van der Waals surface area contributed by atoms with Crippen molar-refractivity contribution in [2.24, 2.45) is 0 Å². The summed E-state index contributed by atoms with van der Waals surface area (Å²) in [5.41, 5.74) is 20.6. The minimum absolute atomic E-state index is 0.509. The lowest BCUT2D eigenvalue weighted by Crippen LogP contribution is -2.08. The molecule has 0 radical (unpaired) electrons. The molecular formula is C64H48N6. The van der Waals surface area contributed by atoms with Crippen molar-refractivity contribution >= 4 is 43.6 Å². The van der Waals surface area contributed by atoms with E-state index < -0.39 is 0 Å². The molecule has 0 N–H and O–H groups in total. The SMILES string of the molecule is Cc1ccc(-c2ccc3c4ccc(-c5ccc(C)cc5)cc4n(-c4cc(C#N)cc(-n5c6cc(-c7ccc(C)cc7)ccc6c6ccc(-c7ccc(C)cc7)cc65)c4-c4nc(C)nc(C)n4)c3c2)cc1. The molecule has 9 aromatic carbocycles. The average Bonchev–Trinajstić information content (AvgIpc) is 3.87. The van der Waals surface area contributed by atoms with E-state index in [9.17, 15) is 5.26 Å². The van der Waals surface area contributed by atoms with Gasteiger partial charge in [-0.3, -0.25) is 0 Å². The van der Waals surface area contributed by atoms with E-state index >= 15 is 0 Å². The fourth-order valence-corrected chi connectivity index (χ4v) is 10.2. The maximum Gasteiger partial charge on any atom is 0.167 e. The summed E-state index contributed by atoms with van der Waals surface area (Å²) in [5, 5.41) is 15.6. The molecule has 0 aliphatic carbocycles. The summed E-state index contributed by atoms with van der Waals surface area (Å²) in [5.74, 6) is 1.75. The molecule has 0 saturated carbocycles. The quantitative estimate of drug-likeness (QED) is 0.160. The van der Waals surface area contributed by atoms with Gasteiger partial charge in [-0.2, -0.15) is 5.26 Å². The van der Waals surface area contributed by atoms with Gasteiger partial charge >= 0.3 is 0 Å². The third kappa shape index (κ3) is 7.31.